The Balaban J connectivity index is 1.01. The summed E-state index contributed by atoms with van der Waals surface area (Å²) in [5.41, 5.74) is 2.53. The van der Waals surface area contributed by atoms with Gasteiger partial charge in [-0.05, 0) is 92.1 Å². The van der Waals surface area contributed by atoms with Gasteiger partial charge in [0.15, 0.2) is 0 Å². The van der Waals surface area contributed by atoms with Gasteiger partial charge >= 0.3 is 6.18 Å². The second-order valence-corrected chi connectivity index (χ2v) is 11.7. The van der Waals surface area contributed by atoms with Gasteiger partial charge in [0.25, 0.3) is 0 Å². The Morgan fingerprint density at radius 2 is 1.34 bits per heavy atom. The van der Waals surface area contributed by atoms with Crippen LogP contribution in [-0.4, -0.2) is 34.5 Å². The van der Waals surface area contributed by atoms with Crippen molar-refractivity contribution in [2.24, 2.45) is 0 Å². The minimum atomic E-state index is -4.52. The minimum Gasteiger partial charge on any atom is -0.487 e. The van der Waals surface area contributed by atoms with Crippen LogP contribution >= 0.6 is 0 Å². The normalized spacial score (nSPS) is 11.7. The molecule has 0 aliphatic carbocycles. The van der Waals surface area contributed by atoms with Gasteiger partial charge in [-0.25, -0.2) is 15.0 Å². The highest BCUT2D eigenvalue weighted by Gasteiger charge is 2.31. The summed E-state index contributed by atoms with van der Waals surface area (Å²) in [6, 6.07) is 18.7. The number of ether oxygens (including phenoxy) is 2. The van der Waals surface area contributed by atoms with Gasteiger partial charge < -0.3 is 13.9 Å². The van der Waals surface area contributed by atoms with E-state index < -0.39 is 11.7 Å². The average molecular weight is 684 g/mol. The van der Waals surface area contributed by atoms with Crippen molar-refractivity contribution in [3.63, 3.8) is 0 Å². The number of aryl methyl sites for hydroxylation is 4. The number of nitrogens with zero attached hydrogens (tertiary/aromatic N) is 7. The van der Waals surface area contributed by atoms with Crippen LogP contribution in [0.25, 0.3) is 12.2 Å². The first-order valence-corrected chi connectivity index (χ1v) is 16.3. The Bertz CT molecular complexity index is 1920. The number of benzene rings is 3. The number of hydrogen-bond donors (Lipinski definition) is 0. The third kappa shape index (κ3) is 10.1. The molecule has 3 aromatic heterocycles. The average Bonchev–Trinajstić information content (AvgIpc) is 3.92. The number of oxazole rings is 1. The predicted molar refractivity (Wildman–Crippen MR) is 180 cm³/mol. The van der Waals surface area contributed by atoms with Gasteiger partial charge in [0.05, 0.1) is 5.56 Å². The van der Waals surface area contributed by atoms with E-state index >= 15 is 0 Å². The number of unbranched alkanes of at least 4 members (excludes halogenated alkanes) is 2. The molecule has 0 aliphatic heterocycles. The maximum Gasteiger partial charge on any atom is 0.416 e. The van der Waals surface area contributed by atoms with E-state index in [1.165, 1.54) is 30.5 Å². The third-order valence-electron chi connectivity index (χ3n) is 7.92. The molecule has 6 rings (SSSR count). The van der Waals surface area contributed by atoms with Crippen LogP contribution in [0.1, 0.15) is 59.5 Å². The largest absolute Gasteiger partial charge is 0.487 e. The lowest BCUT2D eigenvalue weighted by molar-refractivity contribution is -0.137. The van der Waals surface area contributed by atoms with Crippen LogP contribution in [0, 0.1) is 0 Å². The molecule has 6 aromatic rings. The standard InChI is InChI=1S/C37H36F3N7O3/c38-37(39,40)31-13-11-30(35(21-31)50-34-16-9-29(10-17-34)6-2-4-20-47-27-42-25-44-47)12-18-36-45-32(23-49-36)22-48-33-14-7-28(8-15-33)5-1-3-19-46-26-41-24-43-46/h7-18,21,23-27H,1-6,19-20,22H2/b18-12+. The van der Waals surface area contributed by atoms with Gasteiger partial charge in [0.2, 0.25) is 5.89 Å². The number of aromatic nitrogens is 7. The summed E-state index contributed by atoms with van der Waals surface area (Å²) in [4.78, 5) is 12.3. The van der Waals surface area contributed by atoms with Crippen LogP contribution in [0.15, 0.2) is 103 Å². The summed E-state index contributed by atoms with van der Waals surface area (Å²) in [6.07, 6.45) is 12.4. The molecule has 0 amide bonds. The predicted octanol–water partition coefficient (Wildman–Crippen LogP) is 8.46. The Morgan fingerprint density at radius 3 is 1.92 bits per heavy atom. The lowest BCUT2D eigenvalue weighted by Gasteiger charge is -2.13. The van der Waals surface area contributed by atoms with Crippen molar-refractivity contribution in [2.45, 2.75) is 64.4 Å². The molecule has 50 heavy (non-hydrogen) atoms. The maximum atomic E-state index is 13.6. The number of rotatable bonds is 17. The highest BCUT2D eigenvalue weighted by molar-refractivity contribution is 5.70. The summed E-state index contributed by atoms with van der Waals surface area (Å²) in [6.45, 7) is 1.83. The molecule has 13 heteroatoms. The zero-order valence-electron chi connectivity index (χ0n) is 27.2. The first kappa shape index (κ1) is 34.2. The highest BCUT2D eigenvalue weighted by atomic mass is 19.4. The zero-order valence-corrected chi connectivity index (χ0v) is 27.2. The van der Waals surface area contributed by atoms with Crippen LogP contribution < -0.4 is 9.47 Å². The first-order valence-electron chi connectivity index (χ1n) is 16.3. The number of halogens is 3. The van der Waals surface area contributed by atoms with Crippen molar-refractivity contribution in [2.75, 3.05) is 0 Å². The molecule has 0 atom stereocenters. The first-order chi connectivity index (χ1) is 24.4. The van der Waals surface area contributed by atoms with Crippen molar-refractivity contribution in [1.82, 2.24) is 34.5 Å². The molecule has 0 unspecified atom stereocenters. The van der Waals surface area contributed by atoms with Crippen LogP contribution in [0.3, 0.4) is 0 Å². The molecule has 0 saturated heterocycles. The fourth-order valence-electron chi connectivity index (χ4n) is 5.23. The number of hydrogen-bond acceptors (Lipinski definition) is 8. The molecule has 0 saturated carbocycles. The quantitative estimate of drug-likeness (QED) is 0.0882. The van der Waals surface area contributed by atoms with E-state index in [9.17, 15) is 13.2 Å². The lowest BCUT2D eigenvalue weighted by Crippen LogP contribution is -2.05. The Morgan fingerprint density at radius 1 is 0.720 bits per heavy atom. The SMILES string of the molecule is FC(F)(F)c1ccc(/C=C/c2nc(COc3ccc(CCCCn4cncn4)cc3)co2)c(Oc2ccc(CCCCn3cncn3)cc2)c1. The van der Waals surface area contributed by atoms with E-state index in [1.54, 1.807) is 41.6 Å². The zero-order chi connectivity index (χ0) is 34.6. The van der Waals surface area contributed by atoms with Gasteiger partial charge in [-0.2, -0.15) is 23.4 Å². The van der Waals surface area contributed by atoms with E-state index in [2.05, 4.69) is 25.1 Å². The van der Waals surface area contributed by atoms with E-state index in [-0.39, 0.29) is 18.2 Å². The molecule has 3 aromatic carbocycles. The monoisotopic (exact) mass is 683 g/mol. The fraction of sp³-hybridized carbons (Fsp3) is 0.270. The molecule has 0 fully saturated rings. The van der Waals surface area contributed by atoms with Gasteiger partial charge in [0, 0.05) is 24.7 Å². The Kier molecular flexibility index (Phi) is 11.3. The van der Waals surface area contributed by atoms with E-state index in [1.807, 2.05) is 41.1 Å². The van der Waals surface area contributed by atoms with E-state index in [4.69, 9.17) is 13.9 Å². The van der Waals surface area contributed by atoms with Crippen molar-refractivity contribution in [1.29, 1.82) is 0 Å². The van der Waals surface area contributed by atoms with Gasteiger partial charge in [-0.3, -0.25) is 9.36 Å². The Labute approximate surface area is 287 Å². The lowest BCUT2D eigenvalue weighted by atomic mass is 10.1. The second-order valence-electron chi connectivity index (χ2n) is 11.7. The van der Waals surface area contributed by atoms with Gasteiger partial charge in [-0.1, -0.05) is 30.3 Å². The number of alkyl halides is 3. The highest BCUT2D eigenvalue weighted by Crippen LogP contribution is 2.36. The minimum absolute atomic E-state index is 0.0606. The van der Waals surface area contributed by atoms with Crippen molar-refractivity contribution < 1.29 is 27.1 Å². The summed E-state index contributed by atoms with van der Waals surface area (Å²) in [7, 11) is 0. The molecule has 0 N–H and O–H groups in total. The molecule has 3 heterocycles. The topological polar surface area (TPSA) is 106 Å². The molecule has 0 aliphatic rings. The summed E-state index contributed by atoms with van der Waals surface area (Å²) >= 11 is 0. The molecule has 0 spiro atoms. The summed E-state index contributed by atoms with van der Waals surface area (Å²) in [5.74, 6) is 1.48. The third-order valence-corrected chi connectivity index (χ3v) is 7.92. The molecular weight excluding hydrogens is 647 g/mol. The van der Waals surface area contributed by atoms with Crippen LogP contribution in [0.4, 0.5) is 13.2 Å². The van der Waals surface area contributed by atoms with Crippen LogP contribution in [0.2, 0.25) is 0 Å². The molecular formula is C37H36F3N7O3. The van der Waals surface area contributed by atoms with E-state index in [0.717, 1.165) is 69.3 Å². The molecule has 258 valence electrons. The molecule has 10 nitrogen and oxygen atoms in total. The van der Waals surface area contributed by atoms with Crippen molar-refractivity contribution in [3.05, 3.63) is 132 Å². The summed E-state index contributed by atoms with van der Waals surface area (Å²) < 4.78 is 61.8. The van der Waals surface area contributed by atoms with Crippen molar-refractivity contribution >= 4 is 12.2 Å². The van der Waals surface area contributed by atoms with E-state index in [0.29, 0.717) is 22.8 Å². The maximum absolute atomic E-state index is 13.6. The van der Waals surface area contributed by atoms with Crippen LogP contribution in [-0.2, 0) is 38.7 Å². The molecule has 0 bridgehead atoms. The molecule has 0 radical (unpaired) electrons. The van der Waals surface area contributed by atoms with Gasteiger partial charge in [0.1, 0.15) is 61.1 Å². The van der Waals surface area contributed by atoms with Crippen LogP contribution in [0.5, 0.6) is 17.2 Å². The Hall–Kier alpha value is -5.72. The summed E-state index contributed by atoms with van der Waals surface area (Å²) in [5, 5.41) is 8.22. The second kappa shape index (κ2) is 16.6. The fourth-order valence-corrected chi connectivity index (χ4v) is 5.23. The van der Waals surface area contributed by atoms with Crippen molar-refractivity contribution in [3.8, 4) is 17.2 Å². The van der Waals surface area contributed by atoms with Gasteiger partial charge in [-0.15, -0.1) is 0 Å². The smallest absolute Gasteiger partial charge is 0.416 e.